The number of hydrogen-bond acceptors (Lipinski definition) is 6. The van der Waals surface area contributed by atoms with Crippen LogP contribution in [0.3, 0.4) is 0 Å². The zero-order valence-corrected chi connectivity index (χ0v) is 12.0. The van der Waals surface area contributed by atoms with Crippen LogP contribution in [0, 0.1) is 0 Å². The van der Waals surface area contributed by atoms with Crippen molar-refractivity contribution in [1.29, 1.82) is 0 Å². The first-order valence-corrected chi connectivity index (χ1v) is 6.68. The average Bonchev–Trinajstić information content (AvgIpc) is 2.53. The molecule has 120 valence electrons. The van der Waals surface area contributed by atoms with Crippen molar-refractivity contribution in [3.05, 3.63) is 29.8 Å². The number of nitrogens with two attached hydrogens (primary N) is 1. The number of nitrogens with zero attached hydrogens (tertiary/aromatic N) is 1. The zero-order chi connectivity index (χ0) is 16.8. The van der Waals surface area contributed by atoms with E-state index in [4.69, 9.17) is 10.5 Å². The fourth-order valence-corrected chi connectivity index (χ4v) is 1.83. The summed E-state index contributed by atoms with van der Waals surface area (Å²) in [4.78, 5) is 45.6. The highest BCUT2D eigenvalue weighted by Gasteiger charge is 2.20. The molecule has 0 saturated carbocycles. The number of nitrogens with one attached hydrogen (secondary N) is 2. The SMILES string of the molecule is NC(=O)c1ccccc1NC(=O)COC(=O)C1=NNC(=O)CC1. The molecule has 1 heterocycles. The molecule has 9 nitrogen and oxygen atoms in total. The number of rotatable bonds is 5. The smallest absolute Gasteiger partial charge is 0.355 e. The fourth-order valence-electron chi connectivity index (χ4n) is 1.83. The second kappa shape index (κ2) is 7.16. The Bertz CT molecular complexity index is 698. The number of esters is 1. The normalized spacial score (nSPS) is 13.6. The number of anilines is 1. The number of hydrazone groups is 1. The van der Waals surface area contributed by atoms with E-state index in [9.17, 15) is 19.2 Å². The van der Waals surface area contributed by atoms with Gasteiger partial charge in [0.1, 0.15) is 5.71 Å². The maximum atomic E-state index is 11.8. The van der Waals surface area contributed by atoms with E-state index in [1.165, 1.54) is 12.1 Å². The Morgan fingerprint density at radius 1 is 1.26 bits per heavy atom. The first kappa shape index (κ1) is 16.1. The van der Waals surface area contributed by atoms with Gasteiger partial charge in [0, 0.05) is 12.8 Å². The van der Waals surface area contributed by atoms with Gasteiger partial charge in [-0.05, 0) is 12.1 Å². The number of amides is 3. The minimum Gasteiger partial charge on any atom is -0.451 e. The predicted octanol–water partition coefficient (Wildman–Crippen LogP) is -0.467. The second-order valence-electron chi connectivity index (χ2n) is 4.63. The van der Waals surface area contributed by atoms with Crippen molar-refractivity contribution < 1.29 is 23.9 Å². The van der Waals surface area contributed by atoms with Crippen LogP contribution in [0.15, 0.2) is 29.4 Å². The third kappa shape index (κ3) is 4.37. The first-order valence-electron chi connectivity index (χ1n) is 6.68. The van der Waals surface area contributed by atoms with Gasteiger partial charge >= 0.3 is 5.97 Å². The maximum Gasteiger partial charge on any atom is 0.355 e. The summed E-state index contributed by atoms with van der Waals surface area (Å²) in [6.45, 7) is -0.557. The second-order valence-corrected chi connectivity index (χ2v) is 4.63. The van der Waals surface area contributed by atoms with E-state index in [2.05, 4.69) is 15.8 Å². The summed E-state index contributed by atoms with van der Waals surface area (Å²) in [6, 6.07) is 6.18. The molecule has 1 aromatic rings. The molecule has 3 amide bonds. The van der Waals surface area contributed by atoms with Crippen LogP contribution in [0.4, 0.5) is 5.69 Å². The van der Waals surface area contributed by atoms with Crippen LogP contribution in [-0.4, -0.2) is 36.0 Å². The van der Waals surface area contributed by atoms with Gasteiger partial charge in [0.15, 0.2) is 6.61 Å². The van der Waals surface area contributed by atoms with Crippen LogP contribution in [0.5, 0.6) is 0 Å². The molecule has 0 spiro atoms. The molecule has 0 fully saturated rings. The molecule has 23 heavy (non-hydrogen) atoms. The highest BCUT2D eigenvalue weighted by Crippen LogP contribution is 2.14. The number of carbonyl (C=O) groups is 4. The number of carbonyl (C=O) groups excluding carboxylic acids is 4. The van der Waals surface area contributed by atoms with Crippen LogP contribution >= 0.6 is 0 Å². The van der Waals surface area contributed by atoms with Crippen LogP contribution in [0.2, 0.25) is 0 Å². The molecule has 0 atom stereocenters. The first-order chi connectivity index (χ1) is 11.0. The molecular formula is C14H14N4O5. The summed E-state index contributed by atoms with van der Waals surface area (Å²) < 4.78 is 4.80. The minimum absolute atomic E-state index is 0.0370. The lowest BCUT2D eigenvalue weighted by Crippen LogP contribution is -2.32. The minimum atomic E-state index is -0.789. The summed E-state index contributed by atoms with van der Waals surface area (Å²) in [5.41, 5.74) is 7.76. The van der Waals surface area contributed by atoms with Gasteiger partial charge in [-0.3, -0.25) is 14.4 Å². The van der Waals surface area contributed by atoms with Gasteiger partial charge in [-0.1, -0.05) is 12.1 Å². The van der Waals surface area contributed by atoms with E-state index < -0.39 is 24.4 Å². The van der Waals surface area contributed by atoms with E-state index in [1.54, 1.807) is 12.1 Å². The largest absolute Gasteiger partial charge is 0.451 e. The van der Waals surface area contributed by atoms with Gasteiger partial charge < -0.3 is 15.8 Å². The molecule has 4 N–H and O–H groups in total. The van der Waals surface area contributed by atoms with Crippen molar-refractivity contribution in [3.63, 3.8) is 0 Å². The molecule has 0 radical (unpaired) electrons. The molecule has 0 saturated heterocycles. The lowest BCUT2D eigenvalue weighted by Gasteiger charge is -2.12. The van der Waals surface area contributed by atoms with E-state index in [0.29, 0.717) is 0 Å². The van der Waals surface area contributed by atoms with Crippen molar-refractivity contribution in [3.8, 4) is 0 Å². The average molecular weight is 318 g/mol. The van der Waals surface area contributed by atoms with Crippen LogP contribution < -0.4 is 16.5 Å². The molecule has 0 unspecified atom stereocenters. The Morgan fingerprint density at radius 3 is 2.65 bits per heavy atom. The summed E-state index contributed by atoms with van der Waals surface area (Å²) >= 11 is 0. The molecule has 0 aromatic heterocycles. The Kier molecular flexibility index (Phi) is 5.03. The number of para-hydroxylation sites is 1. The van der Waals surface area contributed by atoms with Crippen LogP contribution in [-0.2, 0) is 19.1 Å². The summed E-state index contributed by atoms with van der Waals surface area (Å²) in [5, 5.41) is 5.99. The number of benzene rings is 1. The summed E-state index contributed by atoms with van der Waals surface area (Å²) in [7, 11) is 0. The van der Waals surface area contributed by atoms with Crippen molar-refractivity contribution in [2.45, 2.75) is 12.8 Å². The highest BCUT2D eigenvalue weighted by molar-refractivity contribution is 6.37. The Labute approximate surface area is 130 Å². The van der Waals surface area contributed by atoms with Crippen LogP contribution in [0.1, 0.15) is 23.2 Å². The van der Waals surface area contributed by atoms with Crippen molar-refractivity contribution in [2.75, 3.05) is 11.9 Å². The molecule has 9 heteroatoms. The van der Waals surface area contributed by atoms with E-state index in [0.717, 1.165) is 0 Å². The molecule has 0 aliphatic carbocycles. The molecule has 2 rings (SSSR count). The highest BCUT2D eigenvalue weighted by atomic mass is 16.5. The van der Waals surface area contributed by atoms with Crippen molar-refractivity contribution >= 4 is 35.1 Å². The van der Waals surface area contributed by atoms with Gasteiger partial charge in [0.05, 0.1) is 11.3 Å². The van der Waals surface area contributed by atoms with Gasteiger partial charge in [-0.25, -0.2) is 10.2 Å². The third-order valence-electron chi connectivity index (χ3n) is 2.94. The number of primary amides is 1. The standard InChI is InChI=1S/C14H14N4O5/c15-13(21)8-3-1-2-4-9(8)16-12(20)7-23-14(22)10-5-6-11(19)18-17-10/h1-4H,5-7H2,(H2,15,21)(H,16,20)(H,18,19). The third-order valence-corrected chi connectivity index (χ3v) is 2.94. The number of ether oxygens (including phenoxy) is 1. The van der Waals surface area contributed by atoms with E-state index in [-0.39, 0.29) is 35.7 Å². The quantitative estimate of drug-likeness (QED) is 0.630. The Hall–Kier alpha value is -3.23. The molecule has 1 aliphatic heterocycles. The van der Waals surface area contributed by atoms with Crippen LogP contribution in [0.25, 0.3) is 0 Å². The van der Waals surface area contributed by atoms with Gasteiger partial charge in [-0.2, -0.15) is 5.10 Å². The summed E-state index contributed by atoms with van der Waals surface area (Å²) in [6.07, 6.45) is 0.281. The molecule has 1 aliphatic rings. The van der Waals surface area contributed by atoms with Gasteiger partial charge in [0.2, 0.25) is 5.91 Å². The van der Waals surface area contributed by atoms with Crippen molar-refractivity contribution in [2.24, 2.45) is 10.8 Å². The Morgan fingerprint density at radius 2 is 2.00 bits per heavy atom. The Balaban J connectivity index is 1.90. The lowest BCUT2D eigenvalue weighted by atomic mass is 10.1. The molecule has 0 bridgehead atoms. The van der Waals surface area contributed by atoms with Gasteiger partial charge in [-0.15, -0.1) is 0 Å². The monoisotopic (exact) mass is 318 g/mol. The zero-order valence-electron chi connectivity index (χ0n) is 12.0. The van der Waals surface area contributed by atoms with E-state index in [1.807, 2.05) is 0 Å². The molecular weight excluding hydrogens is 304 g/mol. The predicted molar refractivity (Wildman–Crippen MR) is 79.4 cm³/mol. The van der Waals surface area contributed by atoms with Crippen molar-refractivity contribution in [1.82, 2.24) is 5.43 Å². The lowest BCUT2D eigenvalue weighted by molar-refractivity contribution is -0.140. The fraction of sp³-hybridized carbons (Fsp3) is 0.214. The topological polar surface area (TPSA) is 140 Å². The number of hydrogen-bond donors (Lipinski definition) is 3. The summed E-state index contributed by atoms with van der Waals surface area (Å²) in [5.74, 6) is -2.40. The molecule has 1 aromatic carbocycles. The van der Waals surface area contributed by atoms with Gasteiger partial charge in [0.25, 0.3) is 11.8 Å². The maximum absolute atomic E-state index is 11.8. The van der Waals surface area contributed by atoms with E-state index >= 15 is 0 Å².